The third kappa shape index (κ3) is 11.7. The molecule has 84 valence electrons. The van der Waals surface area contributed by atoms with E-state index in [-0.39, 0.29) is 0 Å². The molecule has 1 nitrogen and oxygen atoms in total. The summed E-state index contributed by atoms with van der Waals surface area (Å²) in [6.45, 7) is 8.39. The van der Waals surface area contributed by atoms with Crippen molar-refractivity contribution in [1.82, 2.24) is 5.32 Å². The molecule has 14 heavy (non-hydrogen) atoms. The van der Waals surface area contributed by atoms with Crippen LogP contribution < -0.4 is 5.32 Å². The second-order valence-corrected chi connectivity index (χ2v) is 3.95. The Morgan fingerprint density at radius 2 is 1.57 bits per heavy atom. The fraction of sp³-hybridized carbons (Fsp3) is 0.846. The lowest BCUT2D eigenvalue weighted by Gasteiger charge is -2.03. The Balaban J connectivity index is 2.81. The topological polar surface area (TPSA) is 12.0 Å². The Labute approximate surface area is 90.0 Å². The molecule has 1 N–H and O–H groups in total. The second kappa shape index (κ2) is 12.7. The zero-order valence-corrected chi connectivity index (χ0v) is 9.86. The molecule has 0 aromatic heterocycles. The Kier molecular flexibility index (Phi) is 12.4. The monoisotopic (exact) mass is 197 g/mol. The highest BCUT2D eigenvalue weighted by molar-refractivity contribution is 4.65. The van der Waals surface area contributed by atoms with Crippen LogP contribution in [-0.4, -0.2) is 13.1 Å². The predicted molar refractivity (Wildman–Crippen MR) is 65.7 cm³/mol. The molecule has 0 aliphatic carbocycles. The van der Waals surface area contributed by atoms with Crippen molar-refractivity contribution in [2.24, 2.45) is 0 Å². The molecule has 1 heteroatoms. The molecule has 0 fully saturated rings. The van der Waals surface area contributed by atoms with E-state index >= 15 is 0 Å². The summed E-state index contributed by atoms with van der Waals surface area (Å²) in [4.78, 5) is 0. The van der Waals surface area contributed by atoms with Gasteiger partial charge in [-0.05, 0) is 38.8 Å². The standard InChI is InChI=1S/C13H27N/c1-3-5-7-9-11-13-14-12-10-8-6-4-2/h3,14H,1,4-13H2,2H3. The molecule has 0 saturated heterocycles. The van der Waals surface area contributed by atoms with Gasteiger partial charge in [0.15, 0.2) is 0 Å². The van der Waals surface area contributed by atoms with Gasteiger partial charge in [0.1, 0.15) is 0 Å². The Hall–Kier alpha value is -0.300. The van der Waals surface area contributed by atoms with Crippen LogP contribution in [0.4, 0.5) is 0 Å². The summed E-state index contributed by atoms with van der Waals surface area (Å²) < 4.78 is 0. The van der Waals surface area contributed by atoms with E-state index in [2.05, 4.69) is 18.8 Å². The summed E-state index contributed by atoms with van der Waals surface area (Å²) in [5.74, 6) is 0. The van der Waals surface area contributed by atoms with Gasteiger partial charge in [-0.3, -0.25) is 0 Å². The summed E-state index contributed by atoms with van der Waals surface area (Å²) in [7, 11) is 0. The Bertz CT molecular complexity index is 110. The maximum absolute atomic E-state index is 3.72. The van der Waals surface area contributed by atoms with Crippen molar-refractivity contribution in [3.63, 3.8) is 0 Å². The van der Waals surface area contributed by atoms with Gasteiger partial charge < -0.3 is 5.32 Å². The maximum Gasteiger partial charge on any atom is -0.00489 e. The number of hydrogen-bond donors (Lipinski definition) is 1. The molecular formula is C13H27N. The lowest BCUT2D eigenvalue weighted by atomic mass is 10.2. The lowest BCUT2D eigenvalue weighted by molar-refractivity contribution is 0.568. The first-order chi connectivity index (χ1) is 6.91. The number of unbranched alkanes of at least 4 members (excludes halogenated alkanes) is 6. The number of allylic oxidation sites excluding steroid dienone is 1. The van der Waals surface area contributed by atoms with Gasteiger partial charge in [0.25, 0.3) is 0 Å². The maximum atomic E-state index is 3.72. The molecule has 0 amide bonds. The molecule has 0 atom stereocenters. The zero-order chi connectivity index (χ0) is 10.5. The van der Waals surface area contributed by atoms with E-state index in [1.54, 1.807) is 0 Å². The third-order valence-corrected chi connectivity index (χ3v) is 2.47. The molecule has 0 saturated carbocycles. The SMILES string of the molecule is C=CCCCCCNCCCCCC. The molecule has 0 aliphatic heterocycles. The molecule has 0 spiro atoms. The van der Waals surface area contributed by atoms with Crippen molar-refractivity contribution < 1.29 is 0 Å². The smallest absolute Gasteiger partial charge is 0.00489 e. The van der Waals surface area contributed by atoms with Gasteiger partial charge in [-0.25, -0.2) is 0 Å². The van der Waals surface area contributed by atoms with E-state index in [1.165, 1.54) is 64.5 Å². The summed E-state index contributed by atoms with van der Waals surface area (Å²) in [6.07, 6.45) is 12.6. The largest absolute Gasteiger partial charge is 0.317 e. The van der Waals surface area contributed by atoms with Gasteiger partial charge >= 0.3 is 0 Å². The van der Waals surface area contributed by atoms with Gasteiger partial charge in [-0.2, -0.15) is 0 Å². The highest BCUT2D eigenvalue weighted by atomic mass is 14.8. The molecule has 0 aromatic carbocycles. The Morgan fingerprint density at radius 1 is 0.929 bits per heavy atom. The molecule has 0 heterocycles. The van der Waals surface area contributed by atoms with Gasteiger partial charge in [0.05, 0.1) is 0 Å². The average molecular weight is 197 g/mol. The summed E-state index contributed by atoms with van der Waals surface area (Å²) >= 11 is 0. The van der Waals surface area contributed by atoms with E-state index < -0.39 is 0 Å². The molecule has 0 aromatic rings. The first kappa shape index (κ1) is 13.7. The third-order valence-electron chi connectivity index (χ3n) is 2.47. The van der Waals surface area contributed by atoms with Crippen LogP contribution in [0, 0.1) is 0 Å². The van der Waals surface area contributed by atoms with Crippen LogP contribution in [0.1, 0.15) is 58.3 Å². The fourth-order valence-corrected chi connectivity index (χ4v) is 1.52. The second-order valence-electron chi connectivity index (χ2n) is 3.95. The normalized spacial score (nSPS) is 10.4. The summed E-state index contributed by atoms with van der Waals surface area (Å²) in [6, 6.07) is 0. The van der Waals surface area contributed by atoms with Crippen LogP contribution in [0.25, 0.3) is 0 Å². The van der Waals surface area contributed by atoms with Crippen molar-refractivity contribution >= 4 is 0 Å². The van der Waals surface area contributed by atoms with E-state index in [1.807, 2.05) is 6.08 Å². The summed E-state index contributed by atoms with van der Waals surface area (Å²) in [5.41, 5.74) is 0. The Morgan fingerprint density at radius 3 is 2.14 bits per heavy atom. The predicted octanol–water partition coefficient (Wildman–Crippen LogP) is 3.90. The number of nitrogens with one attached hydrogen (secondary N) is 1. The van der Waals surface area contributed by atoms with Gasteiger partial charge in [-0.1, -0.05) is 38.7 Å². The van der Waals surface area contributed by atoms with Gasteiger partial charge in [0, 0.05) is 0 Å². The van der Waals surface area contributed by atoms with Crippen LogP contribution >= 0.6 is 0 Å². The first-order valence-electron chi connectivity index (χ1n) is 6.23. The van der Waals surface area contributed by atoms with E-state index in [0.717, 1.165) is 0 Å². The van der Waals surface area contributed by atoms with Crippen molar-refractivity contribution in [1.29, 1.82) is 0 Å². The van der Waals surface area contributed by atoms with Crippen molar-refractivity contribution in [2.75, 3.05) is 13.1 Å². The molecule has 0 aliphatic rings. The number of hydrogen-bond acceptors (Lipinski definition) is 1. The molecule has 0 bridgehead atoms. The first-order valence-corrected chi connectivity index (χ1v) is 6.23. The zero-order valence-electron chi connectivity index (χ0n) is 9.86. The summed E-state index contributed by atoms with van der Waals surface area (Å²) in [5, 5.41) is 3.50. The fourth-order valence-electron chi connectivity index (χ4n) is 1.52. The lowest BCUT2D eigenvalue weighted by Crippen LogP contribution is -2.16. The van der Waals surface area contributed by atoms with Crippen molar-refractivity contribution in [3.05, 3.63) is 12.7 Å². The van der Waals surface area contributed by atoms with Crippen molar-refractivity contribution in [3.8, 4) is 0 Å². The van der Waals surface area contributed by atoms with Crippen molar-refractivity contribution in [2.45, 2.75) is 58.3 Å². The van der Waals surface area contributed by atoms with Crippen LogP contribution in [0.2, 0.25) is 0 Å². The van der Waals surface area contributed by atoms with Gasteiger partial charge in [-0.15, -0.1) is 6.58 Å². The molecule has 0 radical (unpaired) electrons. The minimum Gasteiger partial charge on any atom is -0.317 e. The van der Waals surface area contributed by atoms with Crippen LogP contribution in [0.3, 0.4) is 0 Å². The molecule has 0 rings (SSSR count). The molecular weight excluding hydrogens is 170 g/mol. The number of rotatable bonds is 11. The minimum atomic E-state index is 1.18. The van der Waals surface area contributed by atoms with E-state index in [0.29, 0.717) is 0 Å². The van der Waals surface area contributed by atoms with Crippen LogP contribution in [0.5, 0.6) is 0 Å². The highest BCUT2D eigenvalue weighted by Crippen LogP contribution is 1.99. The quantitative estimate of drug-likeness (QED) is 0.391. The molecule has 0 unspecified atom stereocenters. The minimum absolute atomic E-state index is 1.18. The average Bonchev–Trinajstić information content (AvgIpc) is 2.21. The van der Waals surface area contributed by atoms with Gasteiger partial charge in [0.2, 0.25) is 0 Å². The van der Waals surface area contributed by atoms with Crippen LogP contribution in [0.15, 0.2) is 12.7 Å². The van der Waals surface area contributed by atoms with E-state index in [4.69, 9.17) is 0 Å². The van der Waals surface area contributed by atoms with E-state index in [9.17, 15) is 0 Å². The highest BCUT2D eigenvalue weighted by Gasteiger charge is 1.89. The van der Waals surface area contributed by atoms with Crippen LogP contribution in [-0.2, 0) is 0 Å².